The minimum atomic E-state index is -0.574. The number of aromatic nitrogens is 2. The summed E-state index contributed by atoms with van der Waals surface area (Å²) in [7, 11) is 1.79. The van der Waals surface area contributed by atoms with E-state index in [1.54, 1.807) is 35.1 Å². The van der Waals surface area contributed by atoms with Gasteiger partial charge in [0.2, 0.25) is 5.91 Å². The third-order valence-corrected chi connectivity index (χ3v) is 6.90. The third-order valence-electron chi connectivity index (χ3n) is 6.02. The lowest BCUT2D eigenvalue weighted by Crippen LogP contribution is -2.45. The van der Waals surface area contributed by atoms with Crippen LogP contribution in [0, 0.1) is 0 Å². The van der Waals surface area contributed by atoms with Crippen LogP contribution in [-0.2, 0) is 16.1 Å². The third kappa shape index (κ3) is 4.70. The van der Waals surface area contributed by atoms with Crippen LogP contribution in [0.2, 0.25) is 0 Å². The molecule has 0 saturated heterocycles. The molecular formula is C27H26N4O3S. The first kappa shape index (κ1) is 22.9. The summed E-state index contributed by atoms with van der Waals surface area (Å²) in [5, 5.41) is 6.84. The Morgan fingerprint density at radius 3 is 2.63 bits per heavy atom. The molecule has 0 N–H and O–H groups in total. The Labute approximate surface area is 208 Å². The highest BCUT2D eigenvalue weighted by molar-refractivity contribution is 7.13. The Bertz CT molecular complexity index is 1330. The number of rotatable bonds is 7. The number of carbonyl (C=O) groups excluding carboxylic acids is 2. The van der Waals surface area contributed by atoms with E-state index in [1.807, 2.05) is 83.0 Å². The van der Waals surface area contributed by atoms with Crippen molar-refractivity contribution in [2.24, 2.45) is 0 Å². The van der Waals surface area contributed by atoms with Gasteiger partial charge < -0.3 is 14.5 Å². The number of fused-ring (bicyclic) bond motifs is 1. The van der Waals surface area contributed by atoms with Crippen LogP contribution in [0.5, 0.6) is 5.75 Å². The first-order valence-corrected chi connectivity index (χ1v) is 12.4. The minimum absolute atomic E-state index is 0.0426. The zero-order valence-electron chi connectivity index (χ0n) is 19.6. The van der Waals surface area contributed by atoms with Gasteiger partial charge in [-0.15, -0.1) is 11.3 Å². The van der Waals surface area contributed by atoms with Crippen LogP contribution < -0.4 is 9.64 Å². The molecule has 1 atom stereocenters. The Morgan fingerprint density at radius 1 is 1.09 bits per heavy atom. The average molecular weight is 487 g/mol. The largest absolute Gasteiger partial charge is 0.479 e. The molecular weight excluding hydrogens is 460 g/mol. The molecule has 178 valence electrons. The molecule has 35 heavy (non-hydrogen) atoms. The number of hydrogen-bond donors (Lipinski definition) is 0. The molecule has 4 aromatic rings. The quantitative estimate of drug-likeness (QED) is 0.378. The fraction of sp³-hybridized carbons (Fsp3) is 0.222. The van der Waals surface area contributed by atoms with Gasteiger partial charge in [-0.05, 0) is 42.6 Å². The van der Waals surface area contributed by atoms with Gasteiger partial charge in [0.05, 0.1) is 16.3 Å². The fourth-order valence-corrected chi connectivity index (χ4v) is 4.94. The van der Waals surface area contributed by atoms with E-state index in [0.717, 1.165) is 21.8 Å². The number of para-hydroxylation sites is 3. The first-order valence-electron chi connectivity index (χ1n) is 11.5. The molecule has 1 unspecified atom stereocenters. The molecule has 1 aliphatic rings. The van der Waals surface area contributed by atoms with Crippen molar-refractivity contribution in [1.82, 2.24) is 14.7 Å². The molecule has 1 aliphatic heterocycles. The molecule has 8 heteroatoms. The van der Waals surface area contributed by atoms with Crippen molar-refractivity contribution >= 4 is 28.8 Å². The van der Waals surface area contributed by atoms with Crippen LogP contribution in [-0.4, -0.2) is 46.2 Å². The highest BCUT2D eigenvalue weighted by Crippen LogP contribution is 2.34. The summed E-state index contributed by atoms with van der Waals surface area (Å²) >= 11 is 1.62. The Hall–Kier alpha value is -3.91. The van der Waals surface area contributed by atoms with Crippen LogP contribution in [0.1, 0.15) is 18.9 Å². The van der Waals surface area contributed by atoms with Crippen LogP contribution in [0.3, 0.4) is 0 Å². The summed E-state index contributed by atoms with van der Waals surface area (Å²) in [4.78, 5) is 30.2. The monoisotopic (exact) mass is 486 g/mol. The van der Waals surface area contributed by atoms with Crippen molar-refractivity contribution in [2.75, 3.05) is 18.5 Å². The zero-order valence-corrected chi connectivity index (χ0v) is 20.4. The Balaban J connectivity index is 1.32. The molecule has 0 radical (unpaired) electrons. The number of thiophene rings is 1. The van der Waals surface area contributed by atoms with Gasteiger partial charge in [-0.1, -0.05) is 36.4 Å². The van der Waals surface area contributed by atoms with Crippen molar-refractivity contribution in [1.29, 1.82) is 0 Å². The standard InChI is InChI=1S/C27H26N4O3S/c1-19-27(33)30(22-11-6-7-12-23(22)34-19)15-14-25(32)29(2)17-20-18-31(21-9-4-3-5-10-21)28-26(20)24-13-8-16-35-24/h3-13,16,18-19H,14-15,17H2,1-2H3. The van der Waals surface area contributed by atoms with E-state index in [9.17, 15) is 9.59 Å². The van der Waals surface area contributed by atoms with Gasteiger partial charge in [0, 0.05) is 38.3 Å². The second-order valence-corrected chi connectivity index (χ2v) is 9.43. The summed E-state index contributed by atoms with van der Waals surface area (Å²) in [6.07, 6.45) is 1.62. The van der Waals surface area contributed by atoms with Gasteiger partial charge >= 0.3 is 0 Å². The molecule has 0 saturated carbocycles. The van der Waals surface area contributed by atoms with E-state index in [-0.39, 0.29) is 18.2 Å². The molecule has 7 nitrogen and oxygen atoms in total. The molecule has 0 aliphatic carbocycles. The van der Waals surface area contributed by atoms with E-state index in [4.69, 9.17) is 9.84 Å². The highest BCUT2D eigenvalue weighted by atomic mass is 32.1. The fourth-order valence-electron chi connectivity index (χ4n) is 4.19. The van der Waals surface area contributed by atoms with Gasteiger partial charge in [-0.25, -0.2) is 4.68 Å². The molecule has 2 amide bonds. The van der Waals surface area contributed by atoms with Crippen LogP contribution in [0.25, 0.3) is 16.3 Å². The molecule has 0 bridgehead atoms. The van der Waals surface area contributed by atoms with Crippen LogP contribution >= 0.6 is 11.3 Å². The topological polar surface area (TPSA) is 67.7 Å². The summed E-state index contributed by atoms with van der Waals surface area (Å²) in [5.74, 6) is 0.483. The number of hydrogen-bond acceptors (Lipinski definition) is 5. The van der Waals surface area contributed by atoms with E-state index < -0.39 is 6.10 Å². The number of benzene rings is 2. The average Bonchev–Trinajstić information content (AvgIpc) is 3.55. The molecule has 0 spiro atoms. The van der Waals surface area contributed by atoms with Crippen molar-refractivity contribution in [3.63, 3.8) is 0 Å². The second-order valence-electron chi connectivity index (χ2n) is 8.48. The van der Waals surface area contributed by atoms with Gasteiger partial charge in [-0.2, -0.15) is 5.10 Å². The summed E-state index contributed by atoms with van der Waals surface area (Å²) in [6, 6.07) is 21.4. The van der Waals surface area contributed by atoms with Crippen LogP contribution in [0.15, 0.2) is 78.3 Å². The van der Waals surface area contributed by atoms with E-state index in [0.29, 0.717) is 24.5 Å². The lowest BCUT2D eigenvalue weighted by atomic mass is 10.1. The summed E-state index contributed by atoms with van der Waals surface area (Å²) < 4.78 is 7.55. The van der Waals surface area contributed by atoms with Crippen molar-refractivity contribution in [3.8, 4) is 22.0 Å². The second kappa shape index (κ2) is 9.76. The van der Waals surface area contributed by atoms with Gasteiger partial charge in [0.1, 0.15) is 11.4 Å². The van der Waals surface area contributed by atoms with Gasteiger partial charge in [0.25, 0.3) is 5.91 Å². The number of nitrogens with zero attached hydrogens (tertiary/aromatic N) is 4. The normalized spacial score (nSPS) is 15.0. The smallest absolute Gasteiger partial charge is 0.267 e. The van der Waals surface area contributed by atoms with E-state index >= 15 is 0 Å². The molecule has 2 aromatic carbocycles. The molecule has 0 fully saturated rings. The lowest BCUT2D eigenvalue weighted by Gasteiger charge is -2.33. The summed E-state index contributed by atoms with van der Waals surface area (Å²) in [5.41, 5.74) is 3.50. The molecule has 5 rings (SSSR count). The van der Waals surface area contributed by atoms with Gasteiger partial charge in [-0.3, -0.25) is 9.59 Å². The molecule has 2 aromatic heterocycles. The Kier molecular flexibility index (Phi) is 6.37. The maximum Gasteiger partial charge on any atom is 0.267 e. The van der Waals surface area contributed by atoms with Crippen molar-refractivity contribution < 1.29 is 14.3 Å². The first-order chi connectivity index (χ1) is 17.0. The predicted octanol–water partition coefficient (Wildman–Crippen LogP) is 4.76. The number of anilines is 1. The lowest BCUT2D eigenvalue weighted by molar-refractivity contribution is -0.130. The van der Waals surface area contributed by atoms with E-state index in [2.05, 4.69) is 0 Å². The number of ether oxygens (including phenoxy) is 1. The van der Waals surface area contributed by atoms with Gasteiger partial charge in [0.15, 0.2) is 6.10 Å². The maximum atomic E-state index is 13.1. The zero-order chi connectivity index (χ0) is 24.4. The van der Waals surface area contributed by atoms with Crippen LogP contribution in [0.4, 0.5) is 5.69 Å². The number of carbonyl (C=O) groups is 2. The Morgan fingerprint density at radius 2 is 1.86 bits per heavy atom. The number of amides is 2. The summed E-state index contributed by atoms with van der Waals surface area (Å²) in [6.45, 7) is 2.45. The minimum Gasteiger partial charge on any atom is -0.479 e. The van der Waals surface area contributed by atoms with E-state index in [1.165, 1.54) is 0 Å². The van der Waals surface area contributed by atoms with Crippen molar-refractivity contribution in [3.05, 3.63) is 83.9 Å². The van der Waals surface area contributed by atoms with Crippen molar-refractivity contribution in [2.45, 2.75) is 26.0 Å². The SMILES string of the molecule is CC1Oc2ccccc2N(CCC(=O)N(C)Cc2cn(-c3ccccc3)nc2-c2cccs2)C1=O. The highest BCUT2D eigenvalue weighted by Gasteiger charge is 2.31. The maximum absolute atomic E-state index is 13.1. The predicted molar refractivity (Wildman–Crippen MR) is 137 cm³/mol. The molecule has 3 heterocycles.